The fourth-order valence-electron chi connectivity index (χ4n) is 2.67. The molecule has 0 atom stereocenters. The van der Waals surface area contributed by atoms with Crippen molar-refractivity contribution in [2.75, 3.05) is 13.2 Å². The first-order chi connectivity index (χ1) is 13.1. The summed E-state index contributed by atoms with van der Waals surface area (Å²) < 4.78 is 11.2. The molecule has 0 aromatic heterocycles. The number of ether oxygens (including phenoxy) is 2. The van der Waals surface area contributed by atoms with Crippen LogP contribution in [0.15, 0.2) is 72.8 Å². The topological polar surface area (TPSA) is 76.0 Å². The molecule has 3 rings (SSSR count). The fourth-order valence-corrected chi connectivity index (χ4v) is 2.67. The molecule has 5 heteroatoms. The summed E-state index contributed by atoms with van der Waals surface area (Å²) in [7, 11) is 0. The molecule has 27 heavy (non-hydrogen) atoms. The Morgan fingerprint density at radius 3 is 2.04 bits per heavy atom. The van der Waals surface area contributed by atoms with Crippen molar-refractivity contribution in [3.63, 3.8) is 0 Å². The first-order valence-corrected chi connectivity index (χ1v) is 8.57. The van der Waals surface area contributed by atoms with Gasteiger partial charge in [0.2, 0.25) is 0 Å². The highest BCUT2D eigenvalue weighted by Crippen LogP contribution is 2.25. The average molecular weight is 364 g/mol. The maximum Gasteiger partial charge on any atom is 0.339 e. The second kappa shape index (κ2) is 8.76. The van der Waals surface area contributed by atoms with Crippen LogP contribution in [0.1, 0.15) is 21.5 Å². The lowest BCUT2D eigenvalue weighted by molar-refractivity contribution is 0.0693. The Hall–Kier alpha value is -3.47. The van der Waals surface area contributed by atoms with E-state index in [1.807, 2.05) is 54.6 Å². The molecule has 0 amide bonds. The summed E-state index contributed by atoms with van der Waals surface area (Å²) in [6, 6.07) is 21.7. The Bertz CT molecular complexity index is 888. The van der Waals surface area contributed by atoms with Gasteiger partial charge in [0.1, 0.15) is 36.0 Å². The van der Waals surface area contributed by atoms with Crippen molar-refractivity contribution in [3.8, 4) is 17.2 Å². The van der Waals surface area contributed by atoms with Crippen LogP contribution >= 0.6 is 0 Å². The maximum absolute atomic E-state index is 11.1. The molecule has 0 radical (unpaired) electrons. The second-order valence-electron chi connectivity index (χ2n) is 5.95. The van der Waals surface area contributed by atoms with E-state index in [9.17, 15) is 9.90 Å². The molecule has 0 unspecified atom stereocenters. The Kier molecular flexibility index (Phi) is 5.94. The molecule has 5 nitrogen and oxygen atoms in total. The SMILES string of the molecule is O=C(O)c1cccc(Cc2ccc(OCCOc3ccccc3)cc2)c1O. The summed E-state index contributed by atoms with van der Waals surface area (Å²) in [6.07, 6.45) is 0.435. The third-order valence-corrected chi connectivity index (χ3v) is 4.03. The van der Waals surface area contributed by atoms with Crippen LogP contribution < -0.4 is 9.47 Å². The predicted octanol–water partition coefficient (Wildman–Crippen LogP) is 4.14. The molecule has 0 heterocycles. The molecule has 2 N–H and O–H groups in total. The van der Waals surface area contributed by atoms with E-state index in [4.69, 9.17) is 14.6 Å². The first-order valence-electron chi connectivity index (χ1n) is 8.57. The number of para-hydroxylation sites is 2. The molecule has 3 aromatic rings. The van der Waals surface area contributed by atoms with Crippen molar-refractivity contribution in [1.29, 1.82) is 0 Å². The van der Waals surface area contributed by atoms with Gasteiger partial charge in [0.25, 0.3) is 0 Å². The van der Waals surface area contributed by atoms with Gasteiger partial charge in [-0.15, -0.1) is 0 Å². The monoisotopic (exact) mass is 364 g/mol. The van der Waals surface area contributed by atoms with Crippen molar-refractivity contribution in [2.24, 2.45) is 0 Å². The molecule has 0 bridgehead atoms. The van der Waals surface area contributed by atoms with E-state index >= 15 is 0 Å². The molecule has 0 aliphatic heterocycles. The quantitative estimate of drug-likeness (QED) is 0.588. The van der Waals surface area contributed by atoms with Crippen LogP contribution in [0.2, 0.25) is 0 Å². The smallest absolute Gasteiger partial charge is 0.339 e. The van der Waals surface area contributed by atoms with Gasteiger partial charge in [0, 0.05) is 6.42 Å². The average Bonchev–Trinajstić information content (AvgIpc) is 2.69. The summed E-state index contributed by atoms with van der Waals surface area (Å²) in [5.74, 6) is 0.193. The molecule has 138 valence electrons. The van der Waals surface area contributed by atoms with Crippen LogP contribution in [0.5, 0.6) is 17.2 Å². The van der Waals surface area contributed by atoms with Gasteiger partial charge in [-0.3, -0.25) is 0 Å². The summed E-state index contributed by atoms with van der Waals surface area (Å²) in [6.45, 7) is 0.872. The highest BCUT2D eigenvalue weighted by atomic mass is 16.5. The summed E-state index contributed by atoms with van der Waals surface area (Å²) in [4.78, 5) is 11.1. The zero-order valence-electron chi connectivity index (χ0n) is 14.7. The van der Waals surface area contributed by atoms with Gasteiger partial charge in [0.05, 0.1) is 0 Å². The van der Waals surface area contributed by atoms with Crippen LogP contribution in [0.25, 0.3) is 0 Å². The van der Waals surface area contributed by atoms with Crippen molar-refractivity contribution in [1.82, 2.24) is 0 Å². The number of hydrogen-bond donors (Lipinski definition) is 2. The van der Waals surface area contributed by atoms with Gasteiger partial charge < -0.3 is 19.7 Å². The molecule has 0 saturated carbocycles. The van der Waals surface area contributed by atoms with Gasteiger partial charge in [-0.2, -0.15) is 0 Å². The highest BCUT2D eigenvalue weighted by Gasteiger charge is 2.13. The van der Waals surface area contributed by atoms with E-state index in [1.54, 1.807) is 12.1 Å². The lowest BCUT2D eigenvalue weighted by Gasteiger charge is -2.10. The molecule has 0 aliphatic carbocycles. The molecule has 3 aromatic carbocycles. The van der Waals surface area contributed by atoms with E-state index in [2.05, 4.69) is 0 Å². The molecule has 0 spiro atoms. The summed E-state index contributed by atoms with van der Waals surface area (Å²) in [5.41, 5.74) is 1.42. The molecule has 0 fully saturated rings. The number of phenols is 1. The number of hydrogen-bond acceptors (Lipinski definition) is 4. The Morgan fingerprint density at radius 1 is 0.778 bits per heavy atom. The van der Waals surface area contributed by atoms with Crippen LogP contribution in [0.3, 0.4) is 0 Å². The first kappa shape index (κ1) is 18.3. The number of carboxylic acids is 1. The number of carboxylic acid groups (broad SMARTS) is 1. The number of benzene rings is 3. The van der Waals surface area contributed by atoms with Crippen LogP contribution in [0, 0.1) is 0 Å². The third kappa shape index (κ3) is 5.01. The van der Waals surface area contributed by atoms with Gasteiger partial charge in [-0.1, -0.05) is 42.5 Å². The molecular formula is C22H20O5. The van der Waals surface area contributed by atoms with E-state index in [1.165, 1.54) is 6.07 Å². The third-order valence-electron chi connectivity index (χ3n) is 4.03. The zero-order chi connectivity index (χ0) is 19.1. The minimum atomic E-state index is -1.14. The molecule has 0 saturated heterocycles. The van der Waals surface area contributed by atoms with Crippen molar-refractivity contribution in [3.05, 3.63) is 89.5 Å². The molecule has 0 aliphatic rings. The van der Waals surface area contributed by atoms with Crippen molar-refractivity contribution < 1.29 is 24.5 Å². The van der Waals surface area contributed by atoms with Crippen LogP contribution in [-0.2, 0) is 6.42 Å². The number of aromatic carboxylic acids is 1. The lowest BCUT2D eigenvalue weighted by atomic mass is 10.0. The van der Waals surface area contributed by atoms with Gasteiger partial charge >= 0.3 is 5.97 Å². The number of carbonyl (C=O) groups is 1. The van der Waals surface area contributed by atoms with E-state index < -0.39 is 5.97 Å². The van der Waals surface area contributed by atoms with Gasteiger partial charge in [0.15, 0.2) is 0 Å². The lowest BCUT2D eigenvalue weighted by Crippen LogP contribution is -2.08. The normalized spacial score (nSPS) is 10.4. The predicted molar refractivity (Wildman–Crippen MR) is 102 cm³/mol. The largest absolute Gasteiger partial charge is 0.507 e. The van der Waals surface area contributed by atoms with Gasteiger partial charge in [-0.05, 0) is 41.5 Å². The van der Waals surface area contributed by atoms with E-state index in [0.717, 1.165) is 17.1 Å². The van der Waals surface area contributed by atoms with Crippen LogP contribution in [-0.4, -0.2) is 29.4 Å². The van der Waals surface area contributed by atoms with Gasteiger partial charge in [-0.25, -0.2) is 4.79 Å². The molecular weight excluding hydrogens is 344 g/mol. The Morgan fingerprint density at radius 2 is 1.41 bits per heavy atom. The highest BCUT2D eigenvalue weighted by molar-refractivity contribution is 5.91. The van der Waals surface area contributed by atoms with E-state index in [0.29, 0.717) is 25.2 Å². The number of aromatic hydroxyl groups is 1. The minimum absolute atomic E-state index is 0.0918. The standard InChI is InChI=1S/C22H20O5/c23-21-17(5-4-8-20(21)22(24)25)15-16-9-11-19(12-10-16)27-14-13-26-18-6-2-1-3-7-18/h1-12,23H,13-15H2,(H,24,25). The summed E-state index contributed by atoms with van der Waals surface area (Å²) in [5, 5.41) is 19.2. The Labute approximate surface area is 157 Å². The van der Waals surface area contributed by atoms with Crippen molar-refractivity contribution >= 4 is 5.97 Å². The zero-order valence-corrected chi connectivity index (χ0v) is 14.7. The summed E-state index contributed by atoms with van der Waals surface area (Å²) >= 11 is 0. The van der Waals surface area contributed by atoms with Crippen molar-refractivity contribution in [2.45, 2.75) is 6.42 Å². The fraction of sp³-hybridized carbons (Fsp3) is 0.136. The maximum atomic E-state index is 11.1. The second-order valence-corrected chi connectivity index (χ2v) is 5.95. The Balaban J connectivity index is 1.53. The number of rotatable bonds is 8. The van der Waals surface area contributed by atoms with Crippen LogP contribution in [0.4, 0.5) is 0 Å². The minimum Gasteiger partial charge on any atom is -0.507 e. The van der Waals surface area contributed by atoms with E-state index in [-0.39, 0.29) is 11.3 Å².